The molecule has 0 N–H and O–H groups in total. The van der Waals surface area contributed by atoms with Crippen molar-refractivity contribution >= 4 is 5.91 Å². The number of likely N-dealkylation sites (tertiary alicyclic amines) is 1. The molecule has 0 aliphatic carbocycles. The molecule has 18 heavy (non-hydrogen) atoms. The van der Waals surface area contributed by atoms with E-state index in [0.29, 0.717) is 6.04 Å². The molecule has 2 nitrogen and oxygen atoms in total. The van der Waals surface area contributed by atoms with Crippen molar-refractivity contribution < 1.29 is 4.79 Å². The van der Waals surface area contributed by atoms with E-state index in [1.54, 1.807) is 0 Å². The third kappa shape index (κ3) is 2.58. The molecular formula is C16H23NO. The first-order valence-corrected chi connectivity index (χ1v) is 6.87. The maximum atomic E-state index is 12.2. The number of rotatable bonds is 2. The van der Waals surface area contributed by atoms with Crippen molar-refractivity contribution in [3.05, 3.63) is 34.9 Å². The molecular weight excluding hydrogens is 222 g/mol. The van der Waals surface area contributed by atoms with Crippen LogP contribution < -0.4 is 0 Å². The lowest BCUT2D eigenvalue weighted by molar-refractivity contribution is -0.135. The second kappa shape index (κ2) is 5.13. The maximum Gasteiger partial charge on any atom is 0.225 e. The van der Waals surface area contributed by atoms with Gasteiger partial charge in [-0.2, -0.15) is 0 Å². The Balaban J connectivity index is 2.28. The van der Waals surface area contributed by atoms with Gasteiger partial charge >= 0.3 is 0 Å². The van der Waals surface area contributed by atoms with Gasteiger partial charge in [0.2, 0.25) is 5.91 Å². The molecule has 1 atom stereocenters. The fourth-order valence-corrected chi connectivity index (χ4v) is 2.91. The molecule has 98 valence electrons. The van der Waals surface area contributed by atoms with Crippen molar-refractivity contribution in [1.29, 1.82) is 0 Å². The fraction of sp³-hybridized carbons (Fsp3) is 0.562. The number of carbonyl (C=O) groups excluding carboxylic acids is 1. The van der Waals surface area contributed by atoms with Gasteiger partial charge in [0.1, 0.15) is 0 Å². The normalized spacial score (nSPS) is 19.6. The minimum absolute atomic E-state index is 0.0940. The van der Waals surface area contributed by atoms with E-state index in [1.165, 1.54) is 16.7 Å². The predicted octanol–water partition coefficient (Wildman–Crippen LogP) is 3.62. The summed E-state index contributed by atoms with van der Waals surface area (Å²) in [5.74, 6) is 0.383. The number of hydrogen-bond donors (Lipinski definition) is 0. The van der Waals surface area contributed by atoms with E-state index in [0.717, 1.165) is 19.4 Å². The summed E-state index contributed by atoms with van der Waals surface area (Å²) in [6, 6.07) is 6.93. The molecule has 1 amide bonds. The zero-order valence-corrected chi connectivity index (χ0v) is 11.9. The molecule has 0 aromatic heterocycles. The third-order valence-electron chi connectivity index (χ3n) is 3.66. The van der Waals surface area contributed by atoms with Crippen LogP contribution in [0.5, 0.6) is 0 Å². The SMILES string of the molecule is Cc1cc(C)cc([C@@H]2CCCN2C(=O)C(C)C)c1. The number of hydrogen-bond acceptors (Lipinski definition) is 1. The van der Waals surface area contributed by atoms with Gasteiger partial charge < -0.3 is 4.90 Å². The van der Waals surface area contributed by atoms with E-state index in [-0.39, 0.29) is 11.8 Å². The van der Waals surface area contributed by atoms with Crippen LogP contribution in [-0.2, 0) is 4.79 Å². The zero-order valence-electron chi connectivity index (χ0n) is 11.9. The van der Waals surface area contributed by atoms with E-state index < -0.39 is 0 Å². The molecule has 1 aliphatic heterocycles. The molecule has 2 heteroatoms. The molecule has 1 aromatic rings. The molecule has 1 aliphatic rings. The molecule has 1 heterocycles. The van der Waals surface area contributed by atoms with Crippen LogP contribution in [0.3, 0.4) is 0 Å². The Morgan fingerprint density at radius 1 is 1.22 bits per heavy atom. The Morgan fingerprint density at radius 3 is 2.39 bits per heavy atom. The van der Waals surface area contributed by atoms with Crippen LogP contribution >= 0.6 is 0 Å². The van der Waals surface area contributed by atoms with E-state index in [1.807, 2.05) is 13.8 Å². The van der Waals surface area contributed by atoms with Gasteiger partial charge in [-0.15, -0.1) is 0 Å². The zero-order chi connectivity index (χ0) is 13.3. The fourth-order valence-electron chi connectivity index (χ4n) is 2.91. The van der Waals surface area contributed by atoms with Crippen LogP contribution in [0.4, 0.5) is 0 Å². The van der Waals surface area contributed by atoms with Crippen molar-refractivity contribution in [1.82, 2.24) is 4.90 Å². The molecule has 0 unspecified atom stereocenters. The minimum atomic E-state index is 0.0940. The number of amides is 1. The standard InChI is InChI=1S/C16H23NO/c1-11(2)16(18)17-7-5-6-15(17)14-9-12(3)8-13(4)10-14/h8-11,15H,5-7H2,1-4H3/t15-/m0/s1. The highest BCUT2D eigenvalue weighted by atomic mass is 16.2. The average Bonchev–Trinajstić information content (AvgIpc) is 2.75. The van der Waals surface area contributed by atoms with Gasteiger partial charge in [-0.05, 0) is 32.3 Å². The highest BCUT2D eigenvalue weighted by Gasteiger charge is 2.31. The number of aryl methyl sites for hydroxylation is 2. The van der Waals surface area contributed by atoms with E-state index >= 15 is 0 Å². The first-order chi connectivity index (χ1) is 8.49. The highest BCUT2D eigenvalue weighted by Crippen LogP contribution is 2.33. The van der Waals surface area contributed by atoms with Gasteiger partial charge in [0.05, 0.1) is 6.04 Å². The average molecular weight is 245 g/mol. The van der Waals surface area contributed by atoms with E-state index in [9.17, 15) is 4.79 Å². The molecule has 0 bridgehead atoms. The van der Waals surface area contributed by atoms with Crippen molar-refractivity contribution in [2.45, 2.75) is 46.6 Å². The van der Waals surface area contributed by atoms with E-state index in [2.05, 4.69) is 36.9 Å². The largest absolute Gasteiger partial charge is 0.335 e. The second-order valence-corrected chi connectivity index (χ2v) is 5.77. The summed E-state index contributed by atoms with van der Waals surface area (Å²) in [5.41, 5.74) is 3.88. The highest BCUT2D eigenvalue weighted by molar-refractivity contribution is 5.79. The summed E-state index contributed by atoms with van der Waals surface area (Å²) in [4.78, 5) is 14.3. The van der Waals surface area contributed by atoms with Crippen molar-refractivity contribution in [3.8, 4) is 0 Å². The topological polar surface area (TPSA) is 20.3 Å². The minimum Gasteiger partial charge on any atom is -0.335 e. The van der Waals surface area contributed by atoms with Gasteiger partial charge in [0.15, 0.2) is 0 Å². The molecule has 1 saturated heterocycles. The van der Waals surface area contributed by atoms with Crippen LogP contribution in [0.1, 0.15) is 49.4 Å². The lowest BCUT2D eigenvalue weighted by Crippen LogP contribution is -2.33. The molecule has 1 aromatic carbocycles. The van der Waals surface area contributed by atoms with E-state index in [4.69, 9.17) is 0 Å². The Bertz CT molecular complexity index is 430. The summed E-state index contributed by atoms with van der Waals surface area (Å²) in [6.45, 7) is 9.13. The summed E-state index contributed by atoms with van der Waals surface area (Å²) >= 11 is 0. The summed E-state index contributed by atoms with van der Waals surface area (Å²) < 4.78 is 0. The molecule has 0 spiro atoms. The second-order valence-electron chi connectivity index (χ2n) is 5.77. The first kappa shape index (κ1) is 13.1. The molecule has 1 fully saturated rings. The third-order valence-corrected chi connectivity index (χ3v) is 3.66. The molecule has 2 rings (SSSR count). The van der Waals surface area contributed by atoms with Crippen LogP contribution in [-0.4, -0.2) is 17.4 Å². The van der Waals surface area contributed by atoms with Gasteiger partial charge in [0, 0.05) is 12.5 Å². The van der Waals surface area contributed by atoms with Gasteiger partial charge in [-0.25, -0.2) is 0 Å². The summed E-state index contributed by atoms with van der Waals surface area (Å²) in [7, 11) is 0. The summed E-state index contributed by atoms with van der Waals surface area (Å²) in [5, 5.41) is 0. The van der Waals surface area contributed by atoms with Crippen LogP contribution in [0, 0.1) is 19.8 Å². The molecule has 0 radical (unpaired) electrons. The number of benzene rings is 1. The number of carbonyl (C=O) groups is 1. The first-order valence-electron chi connectivity index (χ1n) is 6.87. The van der Waals surface area contributed by atoms with Crippen molar-refractivity contribution in [2.24, 2.45) is 5.92 Å². The number of nitrogens with zero attached hydrogens (tertiary/aromatic N) is 1. The Kier molecular flexibility index (Phi) is 3.74. The van der Waals surface area contributed by atoms with Crippen LogP contribution in [0.25, 0.3) is 0 Å². The van der Waals surface area contributed by atoms with Crippen molar-refractivity contribution in [3.63, 3.8) is 0 Å². The van der Waals surface area contributed by atoms with Gasteiger partial charge in [0.25, 0.3) is 0 Å². The maximum absolute atomic E-state index is 12.2. The smallest absolute Gasteiger partial charge is 0.225 e. The Morgan fingerprint density at radius 2 is 1.83 bits per heavy atom. The van der Waals surface area contributed by atoms with Gasteiger partial charge in [-0.3, -0.25) is 4.79 Å². The Hall–Kier alpha value is -1.31. The monoisotopic (exact) mass is 245 g/mol. The lowest BCUT2D eigenvalue weighted by atomic mass is 9.99. The van der Waals surface area contributed by atoms with Crippen LogP contribution in [0.2, 0.25) is 0 Å². The van der Waals surface area contributed by atoms with Gasteiger partial charge in [-0.1, -0.05) is 43.2 Å². The van der Waals surface area contributed by atoms with Crippen molar-refractivity contribution in [2.75, 3.05) is 6.54 Å². The van der Waals surface area contributed by atoms with Crippen LogP contribution in [0.15, 0.2) is 18.2 Å². The quantitative estimate of drug-likeness (QED) is 0.779. The molecule has 0 saturated carbocycles. The predicted molar refractivity (Wildman–Crippen MR) is 74.4 cm³/mol. The lowest BCUT2D eigenvalue weighted by Gasteiger charge is -2.27. The Labute approximate surface area is 110 Å². The summed E-state index contributed by atoms with van der Waals surface area (Å²) in [6.07, 6.45) is 2.22.